The van der Waals surface area contributed by atoms with E-state index in [2.05, 4.69) is 23.1 Å². The van der Waals surface area contributed by atoms with Crippen LogP contribution in [0.5, 0.6) is 0 Å². The smallest absolute Gasteiger partial charge is 0.432 e. The molecule has 0 aromatic rings. The highest BCUT2D eigenvalue weighted by atomic mass is 31.2. The third-order valence-corrected chi connectivity index (χ3v) is 4.79. The van der Waals surface area contributed by atoms with Crippen LogP contribution in [0.15, 0.2) is 0 Å². The summed E-state index contributed by atoms with van der Waals surface area (Å²) in [5.74, 6) is 0.231. The SMILES string of the molecule is CCCCCCC(CCCCC)COP(=O)(O)OCOC(=O)OC(C)C. The van der Waals surface area contributed by atoms with Gasteiger partial charge in [-0.15, -0.1) is 0 Å². The maximum atomic E-state index is 11.9. The molecule has 8 heteroatoms. The van der Waals surface area contributed by atoms with E-state index in [9.17, 15) is 14.3 Å². The number of carbonyl (C=O) groups is 1. The van der Waals surface area contributed by atoms with Crippen LogP contribution in [0.2, 0.25) is 0 Å². The molecule has 0 aromatic heterocycles. The molecule has 2 unspecified atom stereocenters. The van der Waals surface area contributed by atoms with Crippen LogP contribution in [-0.2, 0) is 23.1 Å². The van der Waals surface area contributed by atoms with Crippen LogP contribution >= 0.6 is 7.82 Å². The van der Waals surface area contributed by atoms with Crippen molar-refractivity contribution in [1.82, 2.24) is 0 Å². The Kier molecular flexibility index (Phi) is 15.1. The van der Waals surface area contributed by atoms with Crippen LogP contribution < -0.4 is 0 Å². The third kappa shape index (κ3) is 15.6. The van der Waals surface area contributed by atoms with Crippen molar-refractivity contribution < 1.29 is 32.8 Å². The van der Waals surface area contributed by atoms with Gasteiger partial charge < -0.3 is 14.4 Å². The first-order chi connectivity index (χ1) is 12.3. The quantitative estimate of drug-likeness (QED) is 0.152. The molecule has 0 aromatic carbocycles. The van der Waals surface area contributed by atoms with E-state index >= 15 is 0 Å². The number of hydrogen-bond acceptors (Lipinski definition) is 6. The Morgan fingerprint density at radius 1 is 0.962 bits per heavy atom. The molecule has 0 saturated carbocycles. The molecule has 0 heterocycles. The number of ether oxygens (including phenoxy) is 2. The Labute approximate surface area is 158 Å². The molecule has 7 nitrogen and oxygen atoms in total. The van der Waals surface area contributed by atoms with E-state index < -0.39 is 20.8 Å². The number of rotatable bonds is 16. The standard InChI is InChI=1S/C18H37O7P/c1-5-7-9-11-13-17(12-10-8-6-2)14-23-26(20,21)24-15-22-18(19)25-16(3)4/h16-17H,5-15H2,1-4H3,(H,20,21). The van der Waals surface area contributed by atoms with E-state index in [1.807, 2.05) is 0 Å². The zero-order valence-corrected chi connectivity index (χ0v) is 17.7. The van der Waals surface area contributed by atoms with Gasteiger partial charge in [0, 0.05) is 0 Å². The second-order valence-electron chi connectivity index (χ2n) is 6.78. The van der Waals surface area contributed by atoms with Crippen LogP contribution in [0.3, 0.4) is 0 Å². The molecule has 26 heavy (non-hydrogen) atoms. The second kappa shape index (κ2) is 15.4. The Bertz CT molecular complexity index is 401. The molecule has 1 N–H and O–H groups in total. The Morgan fingerprint density at radius 2 is 1.54 bits per heavy atom. The number of phosphoric ester groups is 1. The minimum absolute atomic E-state index is 0.167. The molecular weight excluding hydrogens is 359 g/mol. The van der Waals surface area contributed by atoms with Gasteiger partial charge in [-0.05, 0) is 32.6 Å². The zero-order chi connectivity index (χ0) is 19.8. The lowest BCUT2D eigenvalue weighted by molar-refractivity contribution is -0.0208. The topological polar surface area (TPSA) is 91.3 Å². The first kappa shape index (κ1) is 25.4. The fourth-order valence-corrected chi connectivity index (χ4v) is 3.12. The summed E-state index contributed by atoms with van der Waals surface area (Å²) in [6.07, 6.45) is 8.65. The normalized spacial score (nSPS) is 14.8. The van der Waals surface area contributed by atoms with Gasteiger partial charge in [-0.2, -0.15) is 0 Å². The molecule has 0 rings (SSSR count). The van der Waals surface area contributed by atoms with Gasteiger partial charge in [0.1, 0.15) is 0 Å². The van der Waals surface area contributed by atoms with Gasteiger partial charge in [-0.1, -0.05) is 58.8 Å². The predicted molar refractivity (Wildman–Crippen MR) is 101 cm³/mol. The van der Waals surface area contributed by atoms with Crippen molar-refractivity contribution in [2.24, 2.45) is 5.92 Å². The number of phosphoric acid groups is 1. The molecule has 0 aliphatic heterocycles. The fourth-order valence-electron chi connectivity index (χ4n) is 2.46. The van der Waals surface area contributed by atoms with Crippen molar-refractivity contribution in [3.63, 3.8) is 0 Å². The molecule has 0 spiro atoms. The third-order valence-electron chi connectivity index (χ3n) is 3.88. The molecular formula is C18H37O7P. The Balaban J connectivity index is 4.20. The molecule has 0 bridgehead atoms. The molecule has 0 amide bonds. The van der Waals surface area contributed by atoms with E-state index in [4.69, 9.17) is 9.26 Å². The van der Waals surface area contributed by atoms with E-state index in [1.165, 1.54) is 19.3 Å². The molecule has 0 radical (unpaired) electrons. The van der Waals surface area contributed by atoms with Crippen molar-refractivity contribution in [3.8, 4) is 0 Å². The summed E-state index contributed by atoms with van der Waals surface area (Å²) in [6.45, 7) is 7.13. The highest BCUT2D eigenvalue weighted by Gasteiger charge is 2.24. The van der Waals surface area contributed by atoms with Crippen LogP contribution in [0.1, 0.15) is 85.5 Å². The van der Waals surface area contributed by atoms with Crippen LogP contribution in [0.25, 0.3) is 0 Å². The van der Waals surface area contributed by atoms with E-state index in [-0.39, 0.29) is 18.6 Å². The summed E-state index contributed by atoms with van der Waals surface area (Å²) in [5.41, 5.74) is 0. The summed E-state index contributed by atoms with van der Waals surface area (Å²) in [7, 11) is -4.25. The van der Waals surface area contributed by atoms with Crippen molar-refractivity contribution >= 4 is 14.0 Å². The van der Waals surface area contributed by atoms with Crippen molar-refractivity contribution in [2.75, 3.05) is 13.4 Å². The van der Waals surface area contributed by atoms with Gasteiger partial charge in [-0.25, -0.2) is 13.9 Å². The maximum Gasteiger partial charge on any atom is 0.510 e. The largest absolute Gasteiger partial charge is 0.510 e. The fraction of sp³-hybridized carbons (Fsp3) is 0.944. The summed E-state index contributed by atoms with van der Waals surface area (Å²) in [4.78, 5) is 20.9. The summed E-state index contributed by atoms with van der Waals surface area (Å²) < 4.78 is 31.0. The zero-order valence-electron chi connectivity index (χ0n) is 16.8. The average molecular weight is 396 g/mol. The van der Waals surface area contributed by atoms with Crippen molar-refractivity contribution in [2.45, 2.75) is 91.6 Å². The van der Waals surface area contributed by atoms with E-state index in [0.717, 1.165) is 38.5 Å². The van der Waals surface area contributed by atoms with Crippen LogP contribution in [0, 0.1) is 5.92 Å². The molecule has 0 saturated heterocycles. The highest BCUT2D eigenvalue weighted by Crippen LogP contribution is 2.44. The Hall–Kier alpha value is -0.620. The number of unbranched alkanes of at least 4 members (excludes halogenated alkanes) is 5. The lowest BCUT2D eigenvalue weighted by Crippen LogP contribution is -2.15. The predicted octanol–water partition coefficient (Wildman–Crippen LogP) is 5.81. The minimum atomic E-state index is -4.25. The van der Waals surface area contributed by atoms with Crippen LogP contribution in [-0.4, -0.2) is 30.6 Å². The summed E-state index contributed by atoms with van der Waals surface area (Å²) in [5, 5.41) is 0. The molecule has 156 valence electrons. The second-order valence-corrected chi connectivity index (χ2v) is 8.24. The Morgan fingerprint density at radius 3 is 2.12 bits per heavy atom. The summed E-state index contributed by atoms with van der Waals surface area (Å²) >= 11 is 0. The number of carbonyl (C=O) groups excluding carboxylic acids is 1. The first-order valence-corrected chi connectivity index (χ1v) is 11.3. The molecule has 2 atom stereocenters. The summed E-state index contributed by atoms with van der Waals surface area (Å²) in [6, 6.07) is 0. The minimum Gasteiger partial charge on any atom is -0.432 e. The van der Waals surface area contributed by atoms with Gasteiger partial charge in [0.15, 0.2) is 0 Å². The van der Waals surface area contributed by atoms with Gasteiger partial charge in [0.25, 0.3) is 0 Å². The van der Waals surface area contributed by atoms with E-state index in [0.29, 0.717) is 0 Å². The van der Waals surface area contributed by atoms with Gasteiger partial charge in [0.2, 0.25) is 6.79 Å². The maximum absolute atomic E-state index is 11.9. The lowest BCUT2D eigenvalue weighted by Gasteiger charge is -2.19. The van der Waals surface area contributed by atoms with E-state index in [1.54, 1.807) is 13.8 Å². The number of hydrogen-bond donors (Lipinski definition) is 1. The van der Waals surface area contributed by atoms with Crippen molar-refractivity contribution in [3.05, 3.63) is 0 Å². The average Bonchev–Trinajstić information content (AvgIpc) is 2.55. The van der Waals surface area contributed by atoms with Gasteiger partial charge >= 0.3 is 14.0 Å². The monoisotopic (exact) mass is 396 g/mol. The molecule has 0 fully saturated rings. The van der Waals surface area contributed by atoms with Gasteiger partial charge in [-0.3, -0.25) is 4.52 Å². The van der Waals surface area contributed by atoms with Gasteiger partial charge in [0.05, 0.1) is 12.7 Å². The first-order valence-electron chi connectivity index (χ1n) is 9.76. The van der Waals surface area contributed by atoms with Crippen LogP contribution in [0.4, 0.5) is 4.79 Å². The lowest BCUT2D eigenvalue weighted by atomic mass is 9.95. The molecule has 0 aliphatic carbocycles. The molecule has 0 aliphatic rings. The van der Waals surface area contributed by atoms with Crippen molar-refractivity contribution in [1.29, 1.82) is 0 Å². The highest BCUT2D eigenvalue weighted by molar-refractivity contribution is 7.47.